The number of fused-ring (bicyclic) bond motifs is 1. The first-order valence-corrected chi connectivity index (χ1v) is 8.72. The molecule has 3 aromatic heterocycles. The molecule has 3 aromatic rings. The van der Waals surface area contributed by atoms with E-state index >= 15 is 0 Å². The van der Waals surface area contributed by atoms with Crippen LogP contribution in [0.1, 0.15) is 31.2 Å². The third-order valence-corrected chi connectivity index (χ3v) is 4.75. The third kappa shape index (κ3) is 2.82. The Morgan fingerprint density at radius 1 is 1.33 bits per heavy atom. The normalized spacial score (nSPS) is 15.5. The summed E-state index contributed by atoms with van der Waals surface area (Å²) in [6, 6.07) is 3.89. The molecule has 1 aliphatic rings. The summed E-state index contributed by atoms with van der Waals surface area (Å²) in [7, 11) is 0. The fourth-order valence-corrected chi connectivity index (χ4v) is 3.45. The first kappa shape index (κ1) is 15.0. The topological polar surface area (TPSA) is 73.4 Å². The Balaban J connectivity index is 1.67. The molecule has 0 aliphatic heterocycles. The Kier molecular flexibility index (Phi) is 4.08. The highest BCUT2D eigenvalue weighted by Gasteiger charge is 2.24. The Labute approximate surface area is 143 Å². The lowest BCUT2D eigenvalue weighted by atomic mass is 10.0. The van der Waals surface area contributed by atoms with Crippen molar-refractivity contribution >= 4 is 17.0 Å². The minimum Gasteiger partial charge on any atom is -0.440 e. The molecule has 1 aliphatic carbocycles. The van der Waals surface area contributed by atoms with Crippen LogP contribution in [0.25, 0.3) is 21.3 Å². The second-order valence-electron chi connectivity index (χ2n) is 5.37. The zero-order valence-corrected chi connectivity index (χ0v) is 14.0. The van der Waals surface area contributed by atoms with Crippen molar-refractivity contribution in [1.82, 2.24) is 15.0 Å². The minimum absolute atomic E-state index is 0.548. The van der Waals surface area contributed by atoms with Gasteiger partial charge in [0.05, 0.1) is 6.20 Å². The molecule has 0 fully saturated rings. The van der Waals surface area contributed by atoms with Gasteiger partial charge in [0.2, 0.25) is 5.89 Å². The molecule has 0 spiro atoms. The maximum Gasteiger partial charge on any atom is 0.238 e. The van der Waals surface area contributed by atoms with E-state index in [1.165, 1.54) is 0 Å². The summed E-state index contributed by atoms with van der Waals surface area (Å²) in [5.41, 5.74) is 2.68. The molecule has 24 heavy (non-hydrogen) atoms. The maximum atomic E-state index is 5.96. The van der Waals surface area contributed by atoms with E-state index in [0.717, 1.165) is 51.9 Å². The van der Waals surface area contributed by atoms with Crippen molar-refractivity contribution in [1.29, 1.82) is 0 Å². The quantitative estimate of drug-likeness (QED) is 0.673. The average molecular weight is 340 g/mol. The van der Waals surface area contributed by atoms with Gasteiger partial charge >= 0.3 is 0 Å². The molecule has 0 radical (unpaired) electrons. The van der Waals surface area contributed by atoms with Crippen molar-refractivity contribution in [3.8, 4) is 21.3 Å². The van der Waals surface area contributed by atoms with E-state index in [2.05, 4.69) is 20.1 Å². The Morgan fingerprint density at radius 3 is 3.12 bits per heavy atom. The number of hydrogen-bond acceptors (Lipinski definition) is 7. The van der Waals surface area contributed by atoms with Crippen LogP contribution < -0.4 is 0 Å². The van der Waals surface area contributed by atoms with Crippen molar-refractivity contribution in [3.63, 3.8) is 0 Å². The molecule has 6 nitrogen and oxygen atoms in total. The van der Waals surface area contributed by atoms with Crippen molar-refractivity contribution in [2.75, 3.05) is 6.61 Å². The lowest BCUT2D eigenvalue weighted by Gasteiger charge is -2.09. The van der Waals surface area contributed by atoms with Crippen molar-refractivity contribution < 1.29 is 9.25 Å². The molecule has 3 heterocycles. The number of hydrogen-bond donors (Lipinski definition) is 0. The first-order chi connectivity index (χ1) is 11.8. The Morgan fingerprint density at radius 2 is 2.29 bits per heavy atom. The number of oxazole rings is 1. The number of pyridine rings is 1. The molecular weight excluding hydrogens is 324 g/mol. The largest absolute Gasteiger partial charge is 0.440 e. The second kappa shape index (κ2) is 6.52. The molecular formula is C17H16N4O2S. The fraction of sp³-hybridized carbons (Fsp3) is 0.294. The molecule has 0 atom stereocenters. The number of rotatable bonds is 4. The number of aromatic nitrogens is 3. The molecule has 0 unspecified atom stereocenters. The van der Waals surface area contributed by atoms with E-state index in [1.54, 1.807) is 29.9 Å². The van der Waals surface area contributed by atoms with Crippen molar-refractivity contribution in [2.24, 2.45) is 5.16 Å². The highest BCUT2D eigenvalue weighted by Crippen LogP contribution is 2.34. The summed E-state index contributed by atoms with van der Waals surface area (Å²) in [4.78, 5) is 19.3. The molecule has 4 rings (SSSR count). The zero-order chi connectivity index (χ0) is 16.4. The van der Waals surface area contributed by atoms with E-state index in [9.17, 15) is 0 Å². The molecule has 0 amide bonds. The van der Waals surface area contributed by atoms with Crippen LogP contribution in [0, 0.1) is 0 Å². The number of oxime groups is 1. The van der Waals surface area contributed by atoms with Gasteiger partial charge in [-0.25, -0.2) is 9.97 Å². The summed E-state index contributed by atoms with van der Waals surface area (Å²) >= 11 is 1.54. The fourth-order valence-electron chi connectivity index (χ4n) is 2.61. The van der Waals surface area contributed by atoms with Gasteiger partial charge in [-0.1, -0.05) is 5.16 Å². The number of thiazole rings is 1. The van der Waals surface area contributed by atoms with Gasteiger partial charge < -0.3 is 9.25 Å². The highest BCUT2D eigenvalue weighted by molar-refractivity contribution is 7.18. The van der Waals surface area contributed by atoms with Crippen molar-refractivity contribution in [2.45, 2.75) is 26.2 Å². The lowest BCUT2D eigenvalue weighted by molar-refractivity contribution is 0.158. The van der Waals surface area contributed by atoms with E-state index in [4.69, 9.17) is 9.25 Å². The van der Waals surface area contributed by atoms with E-state index < -0.39 is 0 Å². The van der Waals surface area contributed by atoms with E-state index in [1.807, 2.05) is 19.1 Å². The number of nitrogens with zero attached hydrogens (tertiary/aromatic N) is 4. The smallest absolute Gasteiger partial charge is 0.238 e. The van der Waals surface area contributed by atoms with Crippen LogP contribution in [0.5, 0.6) is 0 Å². The SMILES string of the molecule is CCON=C1CCCc2oc(-c3cnc(-c4cccnc4)s3)nc21. The molecule has 0 N–H and O–H groups in total. The van der Waals surface area contributed by atoms with Gasteiger partial charge in [0.1, 0.15) is 33.7 Å². The molecule has 0 bridgehead atoms. The van der Waals surface area contributed by atoms with Crippen LogP contribution >= 0.6 is 11.3 Å². The highest BCUT2D eigenvalue weighted by atomic mass is 32.1. The monoisotopic (exact) mass is 340 g/mol. The van der Waals surface area contributed by atoms with Crippen LogP contribution in [0.2, 0.25) is 0 Å². The molecule has 0 saturated carbocycles. The van der Waals surface area contributed by atoms with Crippen molar-refractivity contribution in [3.05, 3.63) is 42.2 Å². The maximum absolute atomic E-state index is 5.96. The minimum atomic E-state index is 0.548. The first-order valence-electron chi connectivity index (χ1n) is 7.90. The molecule has 0 aromatic carbocycles. The molecule has 0 saturated heterocycles. The van der Waals surface area contributed by atoms with Gasteiger partial charge in [0.25, 0.3) is 0 Å². The lowest BCUT2D eigenvalue weighted by Crippen LogP contribution is -2.11. The van der Waals surface area contributed by atoms with Crippen LogP contribution in [0.3, 0.4) is 0 Å². The predicted octanol–water partition coefficient (Wildman–Crippen LogP) is 3.94. The van der Waals surface area contributed by atoms with Gasteiger partial charge in [-0.3, -0.25) is 4.98 Å². The summed E-state index contributed by atoms with van der Waals surface area (Å²) < 4.78 is 5.96. The Hall–Kier alpha value is -2.54. The van der Waals surface area contributed by atoms with E-state index in [-0.39, 0.29) is 0 Å². The van der Waals surface area contributed by atoms with Gasteiger partial charge in [0, 0.05) is 24.4 Å². The summed E-state index contributed by atoms with van der Waals surface area (Å²) in [6.45, 7) is 2.46. The van der Waals surface area contributed by atoms with Crippen LogP contribution in [-0.2, 0) is 11.3 Å². The Bertz CT molecular complexity index is 870. The van der Waals surface area contributed by atoms with Gasteiger partial charge in [-0.2, -0.15) is 0 Å². The summed E-state index contributed by atoms with van der Waals surface area (Å²) in [6.07, 6.45) is 8.08. The van der Waals surface area contributed by atoms with Crippen LogP contribution in [0.15, 0.2) is 40.3 Å². The zero-order valence-electron chi connectivity index (χ0n) is 13.2. The summed E-state index contributed by atoms with van der Waals surface area (Å²) in [5, 5.41) is 5.08. The second-order valence-corrected chi connectivity index (χ2v) is 6.40. The molecule has 122 valence electrons. The van der Waals surface area contributed by atoms with Crippen LogP contribution in [-0.4, -0.2) is 27.3 Å². The van der Waals surface area contributed by atoms with E-state index in [0.29, 0.717) is 12.5 Å². The van der Waals surface area contributed by atoms with Crippen LogP contribution in [0.4, 0.5) is 0 Å². The standard InChI is InChI=1S/C17H16N4O2S/c1-2-22-21-12-6-3-7-13-15(12)20-16(23-13)14-10-19-17(24-14)11-5-4-8-18-9-11/h4-5,8-10H,2-3,6-7H2,1H3. The van der Waals surface area contributed by atoms with Gasteiger partial charge in [-0.15, -0.1) is 11.3 Å². The van der Waals surface area contributed by atoms with Gasteiger partial charge in [0.15, 0.2) is 0 Å². The summed E-state index contributed by atoms with van der Waals surface area (Å²) in [5.74, 6) is 1.48. The third-order valence-electron chi connectivity index (χ3n) is 3.72. The predicted molar refractivity (Wildman–Crippen MR) is 91.9 cm³/mol. The molecule has 7 heteroatoms. The number of aryl methyl sites for hydroxylation is 1. The average Bonchev–Trinajstić information content (AvgIpc) is 3.27. The van der Waals surface area contributed by atoms with Gasteiger partial charge in [-0.05, 0) is 31.9 Å².